The van der Waals surface area contributed by atoms with Gasteiger partial charge in [-0.15, -0.1) is 11.3 Å². The van der Waals surface area contributed by atoms with E-state index in [0.717, 1.165) is 43.2 Å². The second kappa shape index (κ2) is 6.15. The Morgan fingerprint density at radius 3 is 2.81 bits per heavy atom. The first-order valence-corrected chi connectivity index (χ1v) is 8.35. The van der Waals surface area contributed by atoms with Crippen molar-refractivity contribution in [3.05, 3.63) is 10.9 Å². The fraction of sp³-hybridized carbons (Fsp3) is 0.600. The zero-order chi connectivity index (χ0) is 14.8. The third-order valence-electron chi connectivity index (χ3n) is 3.86. The summed E-state index contributed by atoms with van der Waals surface area (Å²) in [6.45, 7) is 6.98. The molecule has 114 valence electrons. The van der Waals surface area contributed by atoms with Crippen LogP contribution in [-0.2, 0) is 4.74 Å². The molecule has 0 saturated carbocycles. The van der Waals surface area contributed by atoms with Gasteiger partial charge in [0.2, 0.25) is 5.95 Å². The lowest BCUT2D eigenvalue weighted by atomic mass is 10.1. The molecule has 0 aliphatic carbocycles. The molecule has 5 nitrogen and oxygen atoms in total. The van der Waals surface area contributed by atoms with Gasteiger partial charge in [0.1, 0.15) is 10.6 Å². The number of aromatic nitrogens is 2. The van der Waals surface area contributed by atoms with Gasteiger partial charge in [-0.1, -0.05) is 0 Å². The van der Waals surface area contributed by atoms with Crippen molar-refractivity contribution in [1.82, 2.24) is 9.97 Å². The minimum atomic E-state index is 0.400. The molecular formula is C15H22N4OS. The summed E-state index contributed by atoms with van der Waals surface area (Å²) < 4.78 is 5.73. The highest BCUT2D eigenvalue weighted by Crippen LogP contribution is 2.33. The summed E-state index contributed by atoms with van der Waals surface area (Å²) >= 11 is 1.73. The van der Waals surface area contributed by atoms with Gasteiger partial charge in [-0.05, 0) is 32.8 Å². The second-order valence-corrected chi connectivity index (χ2v) is 6.57. The molecule has 3 heterocycles. The molecule has 1 fully saturated rings. The largest absolute Gasteiger partial charge is 0.378 e. The van der Waals surface area contributed by atoms with E-state index in [1.165, 1.54) is 10.3 Å². The van der Waals surface area contributed by atoms with Crippen molar-refractivity contribution in [1.29, 1.82) is 0 Å². The fourth-order valence-electron chi connectivity index (χ4n) is 2.85. The summed E-state index contributed by atoms with van der Waals surface area (Å²) in [7, 11) is 1.87. The first-order chi connectivity index (χ1) is 10.2. The van der Waals surface area contributed by atoms with Gasteiger partial charge < -0.3 is 15.0 Å². The molecule has 0 aromatic carbocycles. The highest BCUT2D eigenvalue weighted by Gasteiger charge is 2.23. The SMILES string of the molecule is CCOC1CCN(c2nc(NC)nc3sc(C)cc23)CC1. The first-order valence-electron chi connectivity index (χ1n) is 7.53. The van der Waals surface area contributed by atoms with Crippen LogP contribution in [0.25, 0.3) is 10.2 Å². The van der Waals surface area contributed by atoms with Gasteiger partial charge in [0, 0.05) is 31.6 Å². The predicted octanol–water partition coefficient (Wildman–Crippen LogP) is 3.05. The third-order valence-corrected chi connectivity index (χ3v) is 4.81. The monoisotopic (exact) mass is 306 g/mol. The number of hydrogen-bond donors (Lipinski definition) is 1. The smallest absolute Gasteiger partial charge is 0.225 e. The Labute approximate surface area is 129 Å². The van der Waals surface area contributed by atoms with E-state index in [-0.39, 0.29) is 0 Å². The Bertz CT molecular complexity index is 619. The normalized spacial score (nSPS) is 16.6. The van der Waals surface area contributed by atoms with Crippen LogP contribution in [0.1, 0.15) is 24.6 Å². The van der Waals surface area contributed by atoms with Crippen molar-refractivity contribution in [3.8, 4) is 0 Å². The van der Waals surface area contributed by atoms with Crippen LogP contribution in [0.15, 0.2) is 6.07 Å². The summed E-state index contributed by atoms with van der Waals surface area (Å²) in [5.41, 5.74) is 0. The van der Waals surface area contributed by atoms with Gasteiger partial charge >= 0.3 is 0 Å². The molecule has 0 amide bonds. The highest BCUT2D eigenvalue weighted by atomic mass is 32.1. The average Bonchev–Trinajstić information content (AvgIpc) is 2.87. The number of nitrogens with one attached hydrogen (secondary N) is 1. The molecule has 0 radical (unpaired) electrons. The van der Waals surface area contributed by atoms with Gasteiger partial charge in [0.05, 0.1) is 11.5 Å². The van der Waals surface area contributed by atoms with Crippen molar-refractivity contribution in [2.45, 2.75) is 32.8 Å². The molecule has 0 spiro atoms. The van der Waals surface area contributed by atoms with Crippen LogP contribution < -0.4 is 10.2 Å². The van der Waals surface area contributed by atoms with Crippen molar-refractivity contribution in [2.75, 3.05) is 37.0 Å². The van der Waals surface area contributed by atoms with Gasteiger partial charge in [-0.25, -0.2) is 4.98 Å². The van der Waals surface area contributed by atoms with E-state index >= 15 is 0 Å². The zero-order valence-electron chi connectivity index (χ0n) is 12.8. The molecule has 0 atom stereocenters. The van der Waals surface area contributed by atoms with E-state index in [2.05, 4.69) is 35.1 Å². The van der Waals surface area contributed by atoms with Gasteiger partial charge in [0.15, 0.2) is 0 Å². The number of nitrogens with zero attached hydrogens (tertiary/aromatic N) is 3. The van der Waals surface area contributed by atoms with E-state index < -0.39 is 0 Å². The lowest BCUT2D eigenvalue weighted by molar-refractivity contribution is 0.0459. The van der Waals surface area contributed by atoms with E-state index in [0.29, 0.717) is 12.1 Å². The number of ether oxygens (including phenoxy) is 1. The molecule has 1 aliphatic heterocycles. The quantitative estimate of drug-likeness (QED) is 0.941. The molecular weight excluding hydrogens is 284 g/mol. The van der Waals surface area contributed by atoms with Gasteiger partial charge in [-0.3, -0.25) is 0 Å². The van der Waals surface area contributed by atoms with Crippen molar-refractivity contribution >= 4 is 33.3 Å². The highest BCUT2D eigenvalue weighted by molar-refractivity contribution is 7.18. The topological polar surface area (TPSA) is 50.3 Å². The molecule has 21 heavy (non-hydrogen) atoms. The molecule has 1 N–H and O–H groups in total. The van der Waals surface area contributed by atoms with Crippen LogP contribution in [0.5, 0.6) is 0 Å². The minimum absolute atomic E-state index is 0.400. The number of hydrogen-bond acceptors (Lipinski definition) is 6. The first kappa shape index (κ1) is 14.5. The maximum Gasteiger partial charge on any atom is 0.225 e. The Kier molecular flexibility index (Phi) is 4.26. The molecule has 1 aliphatic rings. The third kappa shape index (κ3) is 2.96. The molecule has 3 rings (SSSR count). The van der Waals surface area contributed by atoms with Crippen LogP contribution in [-0.4, -0.2) is 42.8 Å². The number of rotatable bonds is 4. The van der Waals surface area contributed by atoms with Gasteiger partial charge in [0.25, 0.3) is 0 Å². The van der Waals surface area contributed by atoms with E-state index in [1.807, 2.05) is 7.05 Å². The summed E-state index contributed by atoms with van der Waals surface area (Å²) in [4.78, 5) is 14.0. The summed E-state index contributed by atoms with van der Waals surface area (Å²) in [5, 5.41) is 4.24. The molecule has 6 heteroatoms. The maximum absolute atomic E-state index is 5.73. The van der Waals surface area contributed by atoms with Crippen LogP contribution in [0, 0.1) is 6.92 Å². The summed E-state index contributed by atoms with van der Waals surface area (Å²) in [5.74, 6) is 1.76. The molecule has 0 bridgehead atoms. The average molecular weight is 306 g/mol. The van der Waals surface area contributed by atoms with E-state index in [1.54, 1.807) is 11.3 Å². The predicted molar refractivity (Wildman–Crippen MR) is 88.6 cm³/mol. The summed E-state index contributed by atoms with van der Waals surface area (Å²) in [6.07, 6.45) is 2.53. The number of anilines is 2. The molecule has 0 unspecified atom stereocenters. The number of piperidine rings is 1. The van der Waals surface area contributed by atoms with Crippen LogP contribution in [0.4, 0.5) is 11.8 Å². The second-order valence-electron chi connectivity index (χ2n) is 5.34. The van der Waals surface area contributed by atoms with E-state index in [4.69, 9.17) is 9.72 Å². The lowest BCUT2D eigenvalue weighted by Gasteiger charge is -2.33. The Morgan fingerprint density at radius 1 is 1.38 bits per heavy atom. The molecule has 2 aromatic rings. The summed E-state index contributed by atoms with van der Waals surface area (Å²) in [6, 6.07) is 2.20. The fourth-order valence-corrected chi connectivity index (χ4v) is 3.72. The Balaban J connectivity index is 1.89. The Hall–Kier alpha value is -1.40. The van der Waals surface area contributed by atoms with Gasteiger partial charge in [-0.2, -0.15) is 4.98 Å². The number of aryl methyl sites for hydroxylation is 1. The lowest BCUT2D eigenvalue weighted by Crippen LogP contribution is -2.37. The van der Waals surface area contributed by atoms with Crippen molar-refractivity contribution in [2.24, 2.45) is 0 Å². The zero-order valence-corrected chi connectivity index (χ0v) is 13.7. The van der Waals surface area contributed by atoms with E-state index in [9.17, 15) is 0 Å². The van der Waals surface area contributed by atoms with Crippen molar-refractivity contribution in [3.63, 3.8) is 0 Å². The minimum Gasteiger partial charge on any atom is -0.378 e. The standard InChI is InChI=1S/C15H22N4OS/c1-4-20-11-5-7-19(8-6-11)13-12-9-10(2)21-14(12)18-15(16-3)17-13/h9,11H,4-8H2,1-3H3,(H,16,17,18). The Morgan fingerprint density at radius 2 is 2.14 bits per heavy atom. The molecule has 1 saturated heterocycles. The number of fused-ring (bicyclic) bond motifs is 1. The molecule has 2 aromatic heterocycles. The van der Waals surface area contributed by atoms with Crippen LogP contribution >= 0.6 is 11.3 Å². The van der Waals surface area contributed by atoms with Crippen LogP contribution in [0.2, 0.25) is 0 Å². The number of thiophene rings is 1. The maximum atomic E-state index is 5.73. The van der Waals surface area contributed by atoms with Crippen LogP contribution in [0.3, 0.4) is 0 Å². The van der Waals surface area contributed by atoms with Crippen molar-refractivity contribution < 1.29 is 4.74 Å².